The lowest BCUT2D eigenvalue weighted by atomic mass is 10.1. The van der Waals surface area contributed by atoms with E-state index >= 15 is 0 Å². The molecule has 0 aliphatic carbocycles. The van der Waals surface area contributed by atoms with Crippen LogP contribution in [-0.4, -0.2) is 32.4 Å². The normalized spacial score (nSPS) is 10.9. The summed E-state index contributed by atoms with van der Waals surface area (Å²) >= 11 is 5.92. The zero-order valence-electron chi connectivity index (χ0n) is 11.6. The molecule has 0 saturated heterocycles. The van der Waals surface area contributed by atoms with Gasteiger partial charge in [0.25, 0.3) is 5.69 Å². The molecule has 0 atom stereocenters. The van der Waals surface area contributed by atoms with Crippen molar-refractivity contribution in [1.82, 2.24) is 9.97 Å². The Balaban J connectivity index is 2.16. The zero-order chi connectivity index (χ0) is 16.6. The lowest BCUT2D eigenvalue weighted by molar-refractivity contribution is -0.384. The average Bonchev–Trinajstić information content (AvgIpc) is 2.96. The van der Waals surface area contributed by atoms with Gasteiger partial charge in [-0.1, -0.05) is 11.6 Å². The smallest absolute Gasteiger partial charge is 0.280 e. The van der Waals surface area contributed by atoms with Crippen molar-refractivity contribution in [3.05, 3.63) is 57.1 Å². The van der Waals surface area contributed by atoms with Gasteiger partial charge in [0.05, 0.1) is 21.5 Å². The summed E-state index contributed by atoms with van der Waals surface area (Å²) in [5, 5.41) is 20.4. The van der Waals surface area contributed by atoms with Crippen LogP contribution >= 0.6 is 11.6 Å². The fraction of sp³-hybridized carbons (Fsp3) is 0.0667. The second-order valence-electron chi connectivity index (χ2n) is 4.82. The van der Waals surface area contributed by atoms with E-state index in [0.29, 0.717) is 21.6 Å². The standard InChI is InChI=1S/C15H10ClN3O4/c16-9-2-4-13(19(22)23)10(6-9)15-17-11-3-1-8(14(21)7-20)5-12(11)18-15/h1-6,20H,7H2,(H,17,18). The number of aromatic nitrogens is 2. The number of nitro benzene ring substituents is 1. The summed E-state index contributed by atoms with van der Waals surface area (Å²) in [6, 6.07) is 8.89. The molecule has 2 aromatic carbocycles. The van der Waals surface area contributed by atoms with Crippen LogP contribution in [0.25, 0.3) is 22.4 Å². The van der Waals surface area contributed by atoms with E-state index in [-0.39, 0.29) is 17.1 Å². The molecule has 0 unspecified atom stereocenters. The highest BCUT2D eigenvalue weighted by Gasteiger charge is 2.19. The third kappa shape index (κ3) is 2.79. The number of ketones is 1. The maximum Gasteiger partial charge on any atom is 0.280 e. The number of benzene rings is 2. The third-order valence-electron chi connectivity index (χ3n) is 3.36. The van der Waals surface area contributed by atoms with Crippen LogP contribution in [0.4, 0.5) is 5.69 Å². The number of aliphatic hydroxyl groups is 1. The molecule has 1 aromatic heterocycles. The fourth-order valence-corrected chi connectivity index (χ4v) is 2.43. The van der Waals surface area contributed by atoms with Crippen molar-refractivity contribution in [2.45, 2.75) is 0 Å². The van der Waals surface area contributed by atoms with Crippen LogP contribution in [0.1, 0.15) is 10.4 Å². The SMILES string of the molecule is O=C(CO)c1ccc2nc(-c3cc(Cl)ccc3[N+](=O)[O-])[nH]c2c1. The summed E-state index contributed by atoms with van der Waals surface area (Å²) in [5.41, 5.74) is 1.54. The number of carbonyl (C=O) groups is 1. The summed E-state index contributed by atoms with van der Waals surface area (Å²) < 4.78 is 0. The molecule has 0 bridgehead atoms. The first kappa shape index (κ1) is 15.1. The number of nitrogens with one attached hydrogen (secondary N) is 1. The maximum absolute atomic E-state index is 11.5. The van der Waals surface area contributed by atoms with E-state index in [0.717, 1.165) is 0 Å². The Bertz CT molecular complexity index is 936. The first-order valence-corrected chi connectivity index (χ1v) is 6.95. The van der Waals surface area contributed by atoms with Crippen molar-refractivity contribution < 1.29 is 14.8 Å². The van der Waals surface area contributed by atoms with Crippen LogP contribution in [0, 0.1) is 10.1 Å². The number of halogens is 1. The van der Waals surface area contributed by atoms with Gasteiger partial charge in [-0.3, -0.25) is 14.9 Å². The molecule has 8 heteroatoms. The number of fused-ring (bicyclic) bond motifs is 1. The Kier molecular flexibility index (Phi) is 3.81. The molecule has 7 nitrogen and oxygen atoms in total. The Hall–Kier alpha value is -2.77. The number of carbonyl (C=O) groups excluding carboxylic acids is 1. The van der Waals surface area contributed by atoms with Crippen LogP contribution in [0.2, 0.25) is 5.02 Å². The van der Waals surface area contributed by atoms with E-state index in [4.69, 9.17) is 16.7 Å². The average molecular weight is 332 g/mol. The van der Waals surface area contributed by atoms with Gasteiger partial charge >= 0.3 is 0 Å². The van der Waals surface area contributed by atoms with Crippen molar-refractivity contribution >= 4 is 34.1 Å². The van der Waals surface area contributed by atoms with Gasteiger partial charge in [-0.25, -0.2) is 4.98 Å². The lowest BCUT2D eigenvalue weighted by Gasteiger charge is -2.00. The van der Waals surface area contributed by atoms with E-state index in [9.17, 15) is 14.9 Å². The number of hydrogen-bond acceptors (Lipinski definition) is 5. The molecule has 0 fully saturated rings. The molecule has 1 heterocycles. The topological polar surface area (TPSA) is 109 Å². The Morgan fingerprint density at radius 1 is 1.30 bits per heavy atom. The molecule has 0 aliphatic rings. The summed E-state index contributed by atoms with van der Waals surface area (Å²) in [4.78, 5) is 29.4. The lowest BCUT2D eigenvalue weighted by Crippen LogP contribution is -2.03. The molecule has 3 rings (SSSR count). The molecule has 116 valence electrons. The van der Waals surface area contributed by atoms with Crippen LogP contribution in [0.3, 0.4) is 0 Å². The molecule has 0 saturated carbocycles. The van der Waals surface area contributed by atoms with E-state index in [1.165, 1.54) is 24.3 Å². The van der Waals surface area contributed by atoms with E-state index in [1.807, 2.05) is 0 Å². The molecular weight excluding hydrogens is 322 g/mol. The van der Waals surface area contributed by atoms with Gasteiger partial charge in [-0.15, -0.1) is 0 Å². The highest BCUT2D eigenvalue weighted by atomic mass is 35.5. The first-order chi connectivity index (χ1) is 11.0. The predicted molar refractivity (Wildman–Crippen MR) is 84.6 cm³/mol. The number of nitrogens with zero attached hydrogens (tertiary/aromatic N) is 2. The van der Waals surface area contributed by atoms with Crippen LogP contribution < -0.4 is 0 Å². The van der Waals surface area contributed by atoms with Crippen molar-refractivity contribution in [2.24, 2.45) is 0 Å². The molecule has 0 radical (unpaired) electrons. The molecule has 23 heavy (non-hydrogen) atoms. The number of nitro groups is 1. The van der Waals surface area contributed by atoms with E-state index in [1.54, 1.807) is 12.1 Å². The number of aromatic amines is 1. The van der Waals surface area contributed by atoms with E-state index in [2.05, 4.69) is 9.97 Å². The first-order valence-electron chi connectivity index (χ1n) is 6.57. The minimum atomic E-state index is -0.591. The van der Waals surface area contributed by atoms with Gasteiger partial charge in [-0.2, -0.15) is 0 Å². The van der Waals surface area contributed by atoms with Gasteiger partial charge in [0.1, 0.15) is 12.4 Å². The van der Waals surface area contributed by atoms with Crippen LogP contribution in [0.15, 0.2) is 36.4 Å². The van der Waals surface area contributed by atoms with Crippen molar-refractivity contribution in [3.8, 4) is 11.4 Å². The second-order valence-corrected chi connectivity index (χ2v) is 5.25. The summed E-state index contributed by atoms with van der Waals surface area (Å²) in [6.45, 7) is -0.591. The fourth-order valence-electron chi connectivity index (χ4n) is 2.26. The number of H-pyrrole nitrogens is 1. The number of imidazole rings is 1. The highest BCUT2D eigenvalue weighted by Crippen LogP contribution is 2.32. The Morgan fingerprint density at radius 3 is 2.78 bits per heavy atom. The monoisotopic (exact) mass is 331 g/mol. The summed E-state index contributed by atoms with van der Waals surface area (Å²) in [7, 11) is 0. The zero-order valence-corrected chi connectivity index (χ0v) is 12.4. The molecule has 3 aromatic rings. The van der Waals surface area contributed by atoms with Crippen LogP contribution in [-0.2, 0) is 0 Å². The minimum absolute atomic E-state index is 0.125. The largest absolute Gasteiger partial charge is 0.388 e. The minimum Gasteiger partial charge on any atom is -0.388 e. The Morgan fingerprint density at radius 2 is 2.09 bits per heavy atom. The highest BCUT2D eigenvalue weighted by molar-refractivity contribution is 6.31. The maximum atomic E-state index is 11.5. The third-order valence-corrected chi connectivity index (χ3v) is 3.59. The summed E-state index contributed by atoms with van der Waals surface area (Å²) in [6.07, 6.45) is 0. The predicted octanol–water partition coefficient (Wildman–Crippen LogP) is 2.97. The van der Waals surface area contributed by atoms with E-state index < -0.39 is 17.3 Å². The van der Waals surface area contributed by atoms with Gasteiger partial charge in [-0.05, 0) is 30.3 Å². The van der Waals surface area contributed by atoms with Gasteiger partial charge < -0.3 is 10.1 Å². The number of hydrogen-bond donors (Lipinski definition) is 2. The van der Waals surface area contributed by atoms with Gasteiger partial charge in [0.2, 0.25) is 0 Å². The number of rotatable bonds is 4. The quantitative estimate of drug-likeness (QED) is 0.434. The van der Waals surface area contributed by atoms with Crippen molar-refractivity contribution in [2.75, 3.05) is 6.61 Å². The van der Waals surface area contributed by atoms with Gasteiger partial charge in [0.15, 0.2) is 5.78 Å². The Labute approximate surface area is 134 Å². The van der Waals surface area contributed by atoms with Crippen LogP contribution in [0.5, 0.6) is 0 Å². The summed E-state index contributed by atoms with van der Waals surface area (Å²) in [5.74, 6) is -0.139. The molecule has 0 amide bonds. The van der Waals surface area contributed by atoms with Crippen molar-refractivity contribution in [3.63, 3.8) is 0 Å². The molecule has 0 spiro atoms. The molecular formula is C15H10ClN3O4. The number of Topliss-reactive ketones (excluding diaryl/α,β-unsaturated/α-hetero) is 1. The van der Waals surface area contributed by atoms with Crippen molar-refractivity contribution in [1.29, 1.82) is 0 Å². The molecule has 0 aliphatic heterocycles. The molecule has 2 N–H and O–H groups in total. The second kappa shape index (κ2) is 5.79. The number of aliphatic hydroxyl groups excluding tert-OH is 1. The van der Waals surface area contributed by atoms with Gasteiger partial charge in [0, 0.05) is 16.7 Å².